The van der Waals surface area contributed by atoms with Crippen LogP contribution in [0.25, 0.3) is 0 Å². The first-order valence-electron chi connectivity index (χ1n) is 5.35. The number of halogens is 1. The van der Waals surface area contributed by atoms with Gasteiger partial charge in [0.1, 0.15) is 5.75 Å². The highest BCUT2D eigenvalue weighted by atomic mass is 79.9. The van der Waals surface area contributed by atoms with E-state index in [1.54, 1.807) is 7.11 Å². The van der Waals surface area contributed by atoms with Crippen molar-refractivity contribution in [2.45, 2.75) is 32.6 Å². The van der Waals surface area contributed by atoms with E-state index in [4.69, 9.17) is 9.84 Å². The van der Waals surface area contributed by atoms with E-state index in [2.05, 4.69) is 15.9 Å². The Morgan fingerprint density at radius 2 is 2.06 bits per heavy atom. The maximum Gasteiger partial charge on any atom is 0.304 e. The Hall–Kier alpha value is -1.03. The minimum Gasteiger partial charge on any atom is -0.496 e. The molecule has 0 unspecified atom stereocenters. The van der Waals surface area contributed by atoms with Crippen LogP contribution >= 0.6 is 15.9 Å². The van der Waals surface area contributed by atoms with Gasteiger partial charge in [-0.05, 0) is 24.6 Å². The topological polar surface area (TPSA) is 46.5 Å². The van der Waals surface area contributed by atoms with Gasteiger partial charge in [0.05, 0.1) is 13.5 Å². The molecule has 0 aliphatic rings. The summed E-state index contributed by atoms with van der Waals surface area (Å²) in [4.78, 5) is 10.9. The first-order valence-corrected chi connectivity index (χ1v) is 6.14. The van der Waals surface area contributed by atoms with Gasteiger partial charge in [0.15, 0.2) is 0 Å². The lowest BCUT2D eigenvalue weighted by atomic mass is 9.79. The number of carboxylic acid groups (broad SMARTS) is 1. The van der Waals surface area contributed by atoms with Crippen LogP contribution in [-0.4, -0.2) is 18.2 Å². The van der Waals surface area contributed by atoms with E-state index in [1.807, 2.05) is 32.9 Å². The SMILES string of the molecule is COc1ccc(Br)c(C)c1C(C)(C)CC(=O)O. The minimum absolute atomic E-state index is 0.0701. The number of ether oxygens (including phenoxy) is 1. The lowest BCUT2D eigenvalue weighted by molar-refractivity contribution is -0.138. The zero-order valence-corrected chi connectivity index (χ0v) is 12.1. The second-order valence-electron chi connectivity index (χ2n) is 4.70. The first-order chi connectivity index (χ1) is 7.79. The number of carbonyl (C=O) groups is 1. The third-order valence-corrected chi connectivity index (χ3v) is 3.71. The average Bonchev–Trinajstić information content (AvgIpc) is 2.19. The van der Waals surface area contributed by atoms with Gasteiger partial charge in [0, 0.05) is 15.5 Å². The van der Waals surface area contributed by atoms with E-state index in [1.165, 1.54) is 0 Å². The molecule has 0 spiro atoms. The number of aliphatic carboxylic acids is 1. The van der Waals surface area contributed by atoms with Gasteiger partial charge in [0.2, 0.25) is 0 Å². The van der Waals surface area contributed by atoms with Crippen molar-refractivity contribution in [2.75, 3.05) is 7.11 Å². The second-order valence-corrected chi connectivity index (χ2v) is 5.56. The van der Waals surface area contributed by atoms with E-state index < -0.39 is 11.4 Å². The molecule has 0 atom stereocenters. The maximum atomic E-state index is 10.9. The Labute approximate surface area is 110 Å². The summed E-state index contributed by atoms with van der Waals surface area (Å²) in [5.74, 6) is -0.0756. The summed E-state index contributed by atoms with van der Waals surface area (Å²) in [5, 5.41) is 8.98. The molecule has 0 fully saturated rings. The highest BCUT2D eigenvalue weighted by molar-refractivity contribution is 9.10. The van der Waals surface area contributed by atoms with E-state index in [-0.39, 0.29) is 6.42 Å². The Balaban J connectivity index is 3.37. The molecule has 0 aliphatic heterocycles. The molecule has 0 radical (unpaired) electrons. The molecule has 0 heterocycles. The fraction of sp³-hybridized carbons (Fsp3) is 0.462. The van der Waals surface area contributed by atoms with Gasteiger partial charge in [0.25, 0.3) is 0 Å². The summed E-state index contributed by atoms with van der Waals surface area (Å²) in [5.41, 5.74) is 1.50. The lowest BCUT2D eigenvalue weighted by Gasteiger charge is -2.27. The number of hydrogen-bond donors (Lipinski definition) is 1. The predicted molar refractivity (Wildman–Crippen MR) is 70.7 cm³/mol. The lowest BCUT2D eigenvalue weighted by Crippen LogP contribution is -2.23. The van der Waals surface area contributed by atoms with Crippen molar-refractivity contribution in [1.82, 2.24) is 0 Å². The Morgan fingerprint density at radius 1 is 1.47 bits per heavy atom. The molecule has 0 saturated heterocycles. The molecule has 17 heavy (non-hydrogen) atoms. The molecule has 94 valence electrons. The number of carboxylic acids is 1. The van der Waals surface area contributed by atoms with Crippen molar-refractivity contribution < 1.29 is 14.6 Å². The normalized spacial score (nSPS) is 11.4. The van der Waals surface area contributed by atoms with Gasteiger partial charge in [-0.3, -0.25) is 4.79 Å². The van der Waals surface area contributed by atoms with Crippen molar-refractivity contribution in [3.05, 3.63) is 27.7 Å². The molecule has 1 rings (SSSR count). The first kappa shape index (κ1) is 14.0. The highest BCUT2D eigenvalue weighted by Gasteiger charge is 2.29. The fourth-order valence-electron chi connectivity index (χ4n) is 2.14. The molecule has 0 aromatic heterocycles. The van der Waals surface area contributed by atoms with Gasteiger partial charge in [-0.15, -0.1) is 0 Å². The van der Waals surface area contributed by atoms with Gasteiger partial charge in [-0.25, -0.2) is 0 Å². The van der Waals surface area contributed by atoms with Crippen LogP contribution in [0.5, 0.6) is 5.75 Å². The van der Waals surface area contributed by atoms with Gasteiger partial charge < -0.3 is 9.84 Å². The third kappa shape index (κ3) is 3.00. The molecule has 1 N–H and O–H groups in total. The molecule has 4 heteroatoms. The number of methoxy groups -OCH3 is 1. The average molecular weight is 301 g/mol. The Bertz CT molecular complexity index is 439. The molecular weight excluding hydrogens is 284 g/mol. The van der Waals surface area contributed by atoms with Crippen molar-refractivity contribution in [2.24, 2.45) is 0 Å². The van der Waals surface area contributed by atoms with Crippen LogP contribution in [0, 0.1) is 6.92 Å². The molecule has 0 bridgehead atoms. The molecule has 1 aromatic rings. The predicted octanol–water partition coefficient (Wildman–Crippen LogP) is 3.52. The smallest absolute Gasteiger partial charge is 0.304 e. The van der Waals surface area contributed by atoms with Crippen LogP contribution in [0.3, 0.4) is 0 Å². The van der Waals surface area contributed by atoms with E-state index in [0.717, 1.165) is 21.3 Å². The van der Waals surface area contributed by atoms with Gasteiger partial charge in [-0.2, -0.15) is 0 Å². The second kappa shape index (κ2) is 5.08. The van der Waals surface area contributed by atoms with Crippen molar-refractivity contribution >= 4 is 21.9 Å². The van der Waals surface area contributed by atoms with Crippen LogP contribution in [0.4, 0.5) is 0 Å². The van der Waals surface area contributed by atoms with Crippen molar-refractivity contribution in [1.29, 1.82) is 0 Å². The van der Waals surface area contributed by atoms with Crippen molar-refractivity contribution in [3.8, 4) is 5.75 Å². The van der Waals surface area contributed by atoms with Gasteiger partial charge >= 0.3 is 5.97 Å². The highest BCUT2D eigenvalue weighted by Crippen LogP contribution is 2.39. The molecule has 1 aromatic carbocycles. The molecule has 0 saturated carbocycles. The summed E-state index contributed by atoms with van der Waals surface area (Å²) >= 11 is 3.47. The molecule has 0 amide bonds. The zero-order valence-electron chi connectivity index (χ0n) is 10.5. The third-order valence-electron chi connectivity index (χ3n) is 2.85. The van der Waals surface area contributed by atoms with Crippen LogP contribution < -0.4 is 4.74 Å². The summed E-state index contributed by atoms with van der Waals surface area (Å²) in [6, 6.07) is 3.77. The number of benzene rings is 1. The zero-order chi connectivity index (χ0) is 13.2. The Morgan fingerprint density at radius 3 is 2.53 bits per heavy atom. The summed E-state index contributed by atoms with van der Waals surface area (Å²) in [6.45, 7) is 5.79. The number of hydrogen-bond acceptors (Lipinski definition) is 2. The minimum atomic E-state index is -0.809. The largest absolute Gasteiger partial charge is 0.496 e. The fourth-order valence-corrected chi connectivity index (χ4v) is 2.47. The van der Waals surface area contributed by atoms with Crippen LogP contribution in [0.15, 0.2) is 16.6 Å². The van der Waals surface area contributed by atoms with E-state index in [9.17, 15) is 4.79 Å². The monoisotopic (exact) mass is 300 g/mol. The van der Waals surface area contributed by atoms with E-state index in [0.29, 0.717) is 0 Å². The standard InChI is InChI=1S/C13H17BrO3/c1-8-9(14)5-6-10(17-4)12(8)13(2,3)7-11(15)16/h5-6H,7H2,1-4H3,(H,15,16). The van der Waals surface area contributed by atoms with Gasteiger partial charge in [-0.1, -0.05) is 29.8 Å². The summed E-state index contributed by atoms with van der Waals surface area (Å²) < 4.78 is 6.30. The van der Waals surface area contributed by atoms with Crippen LogP contribution in [-0.2, 0) is 10.2 Å². The summed E-state index contributed by atoms with van der Waals surface area (Å²) in [6.07, 6.45) is 0.0701. The maximum absolute atomic E-state index is 10.9. The van der Waals surface area contributed by atoms with Crippen molar-refractivity contribution in [3.63, 3.8) is 0 Å². The summed E-state index contributed by atoms with van der Waals surface area (Å²) in [7, 11) is 1.60. The van der Waals surface area contributed by atoms with E-state index >= 15 is 0 Å². The molecular formula is C13H17BrO3. The van der Waals surface area contributed by atoms with Crippen LogP contribution in [0.1, 0.15) is 31.4 Å². The molecule has 3 nitrogen and oxygen atoms in total. The number of rotatable bonds is 4. The quantitative estimate of drug-likeness (QED) is 0.925. The Kier molecular flexibility index (Phi) is 4.20. The van der Waals surface area contributed by atoms with Crippen LogP contribution in [0.2, 0.25) is 0 Å². The molecule has 0 aliphatic carbocycles.